The van der Waals surface area contributed by atoms with Gasteiger partial charge in [-0.05, 0) is 34.1 Å². The van der Waals surface area contributed by atoms with Crippen molar-refractivity contribution in [1.82, 2.24) is 9.97 Å². The highest BCUT2D eigenvalue weighted by Crippen LogP contribution is 2.28. The highest BCUT2D eigenvalue weighted by Gasteiger charge is 2.09. The van der Waals surface area contributed by atoms with Crippen molar-refractivity contribution in [3.05, 3.63) is 40.1 Å². The SMILES string of the molecule is N#Cc1ccc(Nc2ncnc(NN)c2Br)cc1C#N. The fourth-order valence-corrected chi connectivity index (χ4v) is 1.92. The first-order valence-electron chi connectivity index (χ1n) is 5.38. The Labute approximate surface area is 123 Å². The minimum Gasteiger partial charge on any atom is -0.339 e. The summed E-state index contributed by atoms with van der Waals surface area (Å²) in [6, 6.07) is 8.75. The minimum atomic E-state index is 0.292. The van der Waals surface area contributed by atoms with E-state index in [1.165, 1.54) is 6.33 Å². The lowest BCUT2D eigenvalue weighted by Crippen LogP contribution is -2.10. The molecule has 0 fully saturated rings. The number of nitrogens with one attached hydrogen (secondary N) is 2. The third kappa shape index (κ3) is 2.67. The average molecular weight is 330 g/mol. The summed E-state index contributed by atoms with van der Waals surface area (Å²) in [4.78, 5) is 8.00. The Morgan fingerprint density at radius 1 is 1.10 bits per heavy atom. The summed E-state index contributed by atoms with van der Waals surface area (Å²) in [5.74, 6) is 6.23. The molecule has 98 valence electrons. The molecule has 0 spiro atoms. The molecule has 1 aromatic heterocycles. The average Bonchev–Trinajstić information content (AvgIpc) is 2.49. The third-order valence-corrected chi connectivity index (χ3v) is 3.20. The summed E-state index contributed by atoms with van der Waals surface area (Å²) in [6.07, 6.45) is 1.34. The van der Waals surface area contributed by atoms with Gasteiger partial charge in [-0.1, -0.05) is 0 Å². The summed E-state index contributed by atoms with van der Waals surface area (Å²) in [6.45, 7) is 0. The number of hydrogen-bond donors (Lipinski definition) is 3. The number of hydrazine groups is 1. The Kier molecular flexibility index (Phi) is 4.11. The van der Waals surface area contributed by atoms with E-state index in [0.29, 0.717) is 32.9 Å². The third-order valence-electron chi connectivity index (χ3n) is 2.45. The largest absolute Gasteiger partial charge is 0.339 e. The highest BCUT2D eigenvalue weighted by molar-refractivity contribution is 9.10. The number of rotatable bonds is 3. The molecule has 0 bridgehead atoms. The van der Waals surface area contributed by atoms with Crippen LogP contribution in [0, 0.1) is 22.7 Å². The summed E-state index contributed by atoms with van der Waals surface area (Å²) in [7, 11) is 0. The van der Waals surface area contributed by atoms with Gasteiger partial charge in [-0.25, -0.2) is 15.8 Å². The zero-order valence-corrected chi connectivity index (χ0v) is 11.6. The fraction of sp³-hybridized carbons (Fsp3) is 0. The fourth-order valence-electron chi connectivity index (χ4n) is 1.51. The number of aromatic nitrogens is 2. The first-order valence-corrected chi connectivity index (χ1v) is 6.17. The van der Waals surface area contributed by atoms with Gasteiger partial charge in [0.25, 0.3) is 0 Å². The zero-order chi connectivity index (χ0) is 14.5. The summed E-state index contributed by atoms with van der Waals surface area (Å²) in [5.41, 5.74) is 3.67. The number of nitrogens with zero attached hydrogens (tertiary/aromatic N) is 4. The number of anilines is 3. The number of nitrogen functional groups attached to an aromatic ring is 1. The topological polar surface area (TPSA) is 123 Å². The van der Waals surface area contributed by atoms with Crippen LogP contribution in [0.1, 0.15) is 11.1 Å². The molecule has 8 heteroatoms. The van der Waals surface area contributed by atoms with E-state index in [2.05, 4.69) is 36.6 Å². The van der Waals surface area contributed by atoms with E-state index >= 15 is 0 Å². The van der Waals surface area contributed by atoms with Gasteiger partial charge in [-0.2, -0.15) is 10.5 Å². The Morgan fingerprint density at radius 2 is 1.80 bits per heavy atom. The predicted molar refractivity (Wildman–Crippen MR) is 76.7 cm³/mol. The Balaban J connectivity index is 2.37. The molecule has 20 heavy (non-hydrogen) atoms. The van der Waals surface area contributed by atoms with Crippen LogP contribution in [0.5, 0.6) is 0 Å². The van der Waals surface area contributed by atoms with E-state index in [1.54, 1.807) is 18.2 Å². The molecule has 2 rings (SSSR count). The lowest BCUT2D eigenvalue weighted by molar-refractivity contribution is 1.12. The molecule has 0 amide bonds. The van der Waals surface area contributed by atoms with Crippen molar-refractivity contribution in [2.75, 3.05) is 10.7 Å². The molecule has 2 aromatic rings. The van der Waals surface area contributed by atoms with Crippen LogP contribution in [0.25, 0.3) is 0 Å². The first kappa shape index (κ1) is 13.7. The van der Waals surface area contributed by atoms with Crippen LogP contribution >= 0.6 is 15.9 Å². The van der Waals surface area contributed by atoms with Gasteiger partial charge in [0.1, 0.15) is 28.8 Å². The minimum absolute atomic E-state index is 0.292. The van der Waals surface area contributed by atoms with Crippen LogP contribution in [-0.4, -0.2) is 9.97 Å². The maximum atomic E-state index is 8.99. The molecule has 0 aliphatic heterocycles. The standard InChI is InChI=1S/C12H8BrN7/c13-10-11(17-6-18-12(10)20-16)19-9-2-1-7(4-14)8(3-9)5-15/h1-3,6H,16H2,(H2,17,18,19,20). The highest BCUT2D eigenvalue weighted by atomic mass is 79.9. The lowest BCUT2D eigenvalue weighted by Gasteiger charge is -2.10. The van der Waals surface area contributed by atoms with E-state index < -0.39 is 0 Å². The lowest BCUT2D eigenvalue weighted by atomic mass is 10.1. The normalized spacial score (nSPS) is 9.40. The molecule has 0 unspecified atom stereocenters. The second-order valence-electron chi connectivity index (χ2n) is 3.64. The summed E-state index contributed by atoms with van der Waals surface area (Å²) in [5, 5.41) is 20.9. The number of nitrogens with two attached hydrogens (primary N) is 1. The quantitative estimate of drug-likeness (QED) is 0.581. The van der Waals surface area contributed by atoms with E-state index in [-0.39, 0.29) is 0 Å². The van der Waals surface area contributed by atoms with Crippen LogP contribution in [-0.2, 0) is 0 Å². The summed E-state index contributed by atoms with van der Waals surface area (Å²) < 4.78 is 0.561. The van der Waals surface area contributed by atoms with Gasteiger partial charge in [0.05, 0.1) is 11.1 Å². The van der Waals surface area contributed by atoms with Gasteiger partial charge in [-0.3, -0.25) is 0 Å². The van der Waals surface area contributed by atoms with Crippen LogP contribution in [0.15, 0.2) is 29.0 Å². The van der Waals surface area contributed by atoms with Gasteiger partial charge in [0.2, 0.25) is 0 Å². The van der Waals surface area contributed by atoms with Crippen molar-refractivity contribution in [1.29, 1.82) is 10.5 Å². The molecule has 1 aromatic carbocycles. The van der Waals surface area contributed by atoms with E-state index in [0.717, 1.165) is 0 Å². The van der Waals surface area contributed by atoms with Gasteiger partial charge in [0.15, 0.2) is 5.82 Å². The van der Waals surface area contributed by atoms with Crippen molar-refractivity contribution in [2.45, 2.75) is 0 Å². The van der Waals surface area contributed by atoms with Gasteiger partial charge in [-0.15, -0.1) is 0 Å². The van der Waals surface area contributed by atoms with Crippen molar-refractivity contribution in [3.8, 4) is 12.1 Å². The second-order valence-corrected chi connectivity index (χ2v) is 4.43. The van der Waals surface area contributed by atoms with Gasteiger partial charge in [0, 0.05) is 5.69 Å². The molecule has 0 radical (unpaired) electrons. The monoisotopic (exact) mass is 329 g/mol. The molecule has 0 aliphatic rings. The molecule has 4 N–H and O–H groups in total. The van der Waals surface area contributed by atoms with Gasteiger partial charge < -0.3 is 10.7 Å². The molecule has 0 saturated heterocycles. The Hall–Kier alpha value is -2.68. The molecular formula is C12H8BrN7. The Bertz CT molecular complexity index is 730. The van der Waals surface area contributed by atoms with Crippen LogP contribution in [0.4, 0.5) is 17.3 Å². The summed E-state index contributed by atoms with van der Waals surface area (Å²) >= 11 is 3.32. The van der Waals surface area contributed by atoms with E-state index in [9.17, 15) is 0 Å². The number of hydrogen-bond acceptors (Lipinski definition) is 7. The number of benzene rings is 1. The number of nitriles is 2. The smallest absolute Gasteiger partial charge is 0.159 e. The van der Waals surface area contributed by atoms with E-state index in [1.807, 2.05) is 12.1 Å². The van der Waals surface area contributed by atoms with Crippen LogP contribution in [0.2, 0.25) is 0 Å². The molecule has 0 saturated carbocycles. The first-order chi connectivity index (χ1) is 9.69. The number of halogens is 1. The van der Waals surface area contributed by atoms with Crippen molar-refractivity contribution >= 4 is 33.3 Å². The Morgan fingerprint density at radius 3 is 2.45 bits per heavy atom. The molecule has 0 aliphatic carbocycles. The molecular weight excluding hydrogens is 322 g/mol. The van der Waals surface area contributed by atoms with Crippen molar-refractivity contribution in [2.24, 2.45) is 5.84 Å². The predicted octanol–water partition coefficient (Wildman–Crippen LogP) is 2.01. The van der Waals surface area contributed by atoms with Crippen LogP contribution < -0.4 is 16.6 Å². The molecule has 1 heterocycles. The second kappa shape index (κ2) is 5.97. The van der Waals surface area contributed by atoms with Crippen molar-refractivity contribution in [3.63, 3.8) is 0 Å². The molecule has 0 atom stereocenters. The molecule has 7 nitrogen and oxygen atoms in total. The zero-order valence-electron chi connectivity index (χ0n) is 10.1. The maximum Gasteiger partial charge on any atom is 0.159 e. The van der Waals surface area contributed by atoms with Gasteiger partial charge >= 0.3 is 0 Å². The van der Waals surface area contributed by atoms with Crippen LogP contribution in [0.3, 0.4) is 0 Å². The maximum absolute atomic E-state index is 8.99. The van der Waals surface area contributed by atoms with Crippen molar-refractivity contribution < 1.29 is 0 Å². The van der Waals surface area contributed by atoms with E-state index in [4.69, 9.17) is 16.4 Å².